The Kier molecular flexibility index (Phi) is 5.45. The summed E-state index contributed by atoms with van der Waals surface area (Å²) < 4.78 is 72.1. The van der Waals surface area contributed by atoms with Crippen LogP contribution >= 0.6 is 0 Å². The first-order valence-corrected chi connectivity index (χ1v) is 8.87. The highest BCUT2D eigenvalue weighted by Crippen LogP contribution is 2.38. The number of ether oxygens (including phenoxy) is 2. The molecule has 0 bridgehead atoms. The maximum absolute atomic E-state index is 12.8. The Hall–Kier alpha value is -2.36. The number of allylic oxidation sites excluding steroid dienone is 2. The van der Waals surface area contributed by atoms with Crippen molar-refractivity contribution in [2.24, 2.45) is 0 Å². The third-order valence-electron chi connectivity index (χ3n) is 3.82. The van der Waals surface area contributed by atoms with Crippen LogP contribution in [0.5, 0.6) is 5.75 Å². The zero-order valence-electron chi connectivity index (χ0n) is 14.6. The minimum absolute atomic E-state index is 0.0736. The zero-order valence-corrected chi connectivity index (χ0v) is 15.4. The quantitative estimate of drug-likeness (QED) is 0.771. The predicted octanol–water partition coefficient (Wildman–Crippen LogP) is 3.01. The number of halogens is 3. The Morgan fingerprint density at radius 3 is 2.31 bits per heavy atom. The molecule has 1 heterocycles. The maximum atomic E-state index is 12.8. The lowest BCUT2D eigenvalue weighted by molar-refractivity contribution is -0.0482. The summed E-state index contributed by atoms with van der Waals surface area (Å²) in [5, 5.41) is 0. The average Bonchev–Trinajstić information content (AvgIpc) is 2.59. The first-order chi connectivity index (χ1) is 12.0. The smallest absolute Gasteiger partial charge is 0.496 e. The number of benzene rings is 1. The van der Waals surface area contributed by atoms with Crippen LogP contribution in [0.3, 0.4) is 0 Å². The average molecular weight is 392 g/mol. The molecule has 0 spiro atoms. The highest BCUT2D eigenvalue weighted by Gasteiger charge is 2.51. The van der Waals surface area contributed by atoms with Crippen molar-refractivity contribution in [1.82, 2.24) is 4.31 Å². The van der Waals surface area contributed by atoms with E-state index in [-0.39, 0.29) is 4.31 Å². The SMILES string of the molecule is COC1=CC(c2ccc(N(C)C)cc2OC)C=CN1S(=O)(=O)C(F)(F)F. The largest absolute Gasteiger partial charge is 0.517 e. The fourth-order valence-corrected chi connectivity index (χ4v) is 3.27. The molecule has 1 unspecified atom stereocenters. The summed E-state index contributed by atoms with van der Waals surface area (Å²) in [4.78, 5) is 1.87. The van der Waals surface area contributed by atoms with Gasteiger partial charge in [0.2, 0.25) is 5.88 Å². The van der Waals surface area contributed by atoms with Crippen molar-refractivity contribution >= 4 is 15.7 Å². The number of alkyl halides is 3. The number of sulfonamides is 1. The number of rotatable bonds is 5. The van der Waals surface area contributed by atoms with Gasteiger partial charge in [0.15, 0.2) is 0 Å². The molecule has 1 aliphatic heterocycles. The second-order valence-electron chi connectivity index (χ2n) is 5.64. The van der Waals surface area contributed by atoms with E-state index in [0.717, 1.165) is 19.0 Å². The van der Waals surface area contributed by atoms with E-state index >= 15 is 0 Å². The van der Waals surface area contributed by atoms with Gasteiger partial charge in [0.1, 0.15) is 5.75 Å². The minimum atomic E-state index is -5.58. The van der Waals surface area contributed by atoms with Gasteiger partial charge in [-0.2, -0.15) is 21.6 Å². The Bertz CT molecular complexity index is 832. The third-order valence-corrected chi connectivity index (χ3v) is 5.23. The standard InChI is InChI=1S/C16H19F3N2O4S/c1-20(2)12-5-6-13(14(10-12)24-3)11-7-8-21(15(9-11)25-4)26(22,23)16(17,18)19/h5-11H,1-4H3. The molecule has 10 heteroatoms. The van der Waals surface area contributed by atoms with Crippen LogP contribution in [-0.4, -0.2) is 46.5 Å². The lowest BCUT2D eigenvalue weighted by atomic mass is 9.96. The van der Waals surface area contributed by atoms with E-state index in [1.807, 2.05) is 25.1 Å². The van der Waals surface area contributed by atoms with Crippen molar-refractivity contribution in [1.29, 1.82) is 0 Å². The molecule has 0 aliphatic carbocycles. The third kappa shape index (κ3) is 3.59. The molecule has 1 atom stereocenters. The Balaban J connectivity index is 2.44. The molecule has 0 fully saturated rings. The van der Waals surface area contributed by atoms with Crippen molar-refractivity contribution < 1.29 is 31.1 Å². The topological polar surface area (TPSA) is 59.1 Å². The highest BCUT2D eigenvalue weighted by atomic mass is 32.2. The van der Waals surface area contributed by atoms with E-state index in [9.17, 15) is 21.6 Å². The van der Waals surface area contributed by atoms with Gasteiger partial charge in [-0.3, -0.25) is 0 Å². The fourth-order valence-electron chi connectivity index (χ4n) is 2.44. The molecule has 0 amide bonds. The molecular weight excluding hydrogens is 373 g/mol. The van der Waals surface area contributed by atoms with Gasteiger partial charge in [-0.1, -0.05) is 12.1 Å². The van der Waals surface area contributed by atoms with E-state index in [2.05, 4.69) is 0 Å². The molecule has 6 nitrogen and oxygen atoms in total. The van der Waals surface area contributed by atoms with Crippen LogP contribution in [-0.2, 0) is 14.8 Å². The van der Waals surface area contributed by atoms with Crippen LogP contribution in [0.2, 0.25) is 0 Å². The molecule has 0 saturated heterocycles. The molecule has 0 N–H and O–H groups in total. The van der Waals surface area contributed by atoms with E-state index in [1.54, 1.807) is 12.1 Å². The molecule has 1 aromatic carbocycles. The van der Waals surface area contributed by atoms with Crippen molar-refractivity contribution in [3.8, 4) is 5.75 Å². The van der Waals surface area contributed by atoms with Gasteiger partial charge in [0, 0.05) is 43.5 Å². The fraction of sp³-hybridized carbons (Fsp3) is 0.375. The van der Waals surface area contributed by atoms with E-state index in [0.29, 0.717) is 11.3 Å². The van der Waals surface area contributed by atoms with E-state index < -0.39 is 27.3 Å². The molecule has 144 valence electrons. The molecule has 1 aromatic rings. The van der Waals surface area contributed by atoms with Gasteiger partial charge in [-0.15, -0.1) is 0 Å². The van der Waals surface area contributed by atoms with Crippen molar-refractivity contribution in [3.05, 3.63) is 48.0 Å². The van der Waals surface area contributed by atoms with Crippen LogP contribution in [0.4, 0.5) is 18.9 Å². The summed E-state index contributed by atoms with van der Waals surface area (Å²) in [7, 11) is 0.716. The monoisotopic (exact) mass is 392 g/mol. The number of anilines is 1. The Labute approximate surface area is 150 Å². The molecular formula is C16H19F3N2O4S. The minimum Gasteiger partial charge on any atom is -0.496 e. The van der Waals surface area contributed by atoms with Crippen molar-refractivity contribution in [2.75, 3.05) is 33.2 Å². The van der Waals surface area contributed by atoms with Gasteiger partial charge in [0.25, 0.3) is 0 Å². The van der Waals surface area contributed by atoms with Gasteiger partial charge in [-0.05, 0) is 12.1 Å². The van der Waals surface area contributed by atoms with Crippen LogP contribution in [0.25, 0.3) is 0 Å². The van der Waals surface area contributed by atoms with Crippen molar-refractivity contribution in [2.45, 2.75) is 11.4 Å². The number of hydrogen-bond acceptors (Lipinski definition) is 5. The second kappa shape index (κ2) is 7.10. The normalized spacial score (nSPS) is 17.7. The number of nitrogens with zero attached hydrogens (tertiary/aromatic N) is 2. The first kappa shape index (κ1) is 20.0. The number of methoxy groups -OCH3 is 2. The number of hydrogen-bond donors (Lipinski definition) is 0. The molecule has 2 rings (SSSR count). The van der Waals surface area contributed by atoms with Gasteiger partial charge >= 0.3 is 15.5 Å². The summed E-state index contributed by atoms with van der Waals surface area (Å²) in [6.07, 6.45) is 3.46. The van der Waals surface area contributed by atoms with Crippen LogP contribution in [0.1, 0.15) is 11.5 Å². The summed E-state index contributed by atoms with van der Waals surface area (Å²) in [5.41, 5.74) is -3.90. The zero-order chi connectivity index (χ0) is 19.7. The van der Waals surface area contributed by atoms with Crippen LogP contribution in [0.15, 0.2) is 42.4 Å². The van der Waals surface area contributed by atoms with Crippen molar-refractivity contribution in [3.63, 3.8) is 0 Å². The molecule has 0 radical (unpaired) electrons. The Morgan fingerprint density at radius 1 is 1.15 bits per heavy atom. The van der Waals surface area contributed by atoms with E-state index in [1.165, 1.54) is 19.3 Å². The van der Waals surface area contributed by atoms with E-state index in [4.69, 9.17) is 9.47 Å². The molecule has 0 saturated carbocycles. The summed E-state index contributed by atoms with van der Waals surface area (Å²) >= 11 is 0. The van der Waals surface area contributed by atoms with Gasteiger partial charge in [-0.25, -0.2) is 4.31 Å². The van der Waals surface area contributed by atoms with Gasteiger partial charge < -0.3 is 14.4 Å². The summed E-state index contributed by atoms with van der Waals surface area (Å²) in [6.45, 7) is 0. The maximum Gasteiger partial charge on any atom is 0.517 e. The highest BCUT2D eigenvalue weighted by molar-refractivity contribution is 7.90. The lowest BCUT2D eigenvalue weighted by Crippen LogP contribution is -2.38. The summed E-state index contributed by atoms with van der Waals surface area (Å²) in [5.74, 6) is -0.436. The molecule has 1 aliphatic rings. The van der Waals surface area contributed by atoms with Gasteiger partial charge in [0.05, 0.1) is 14.2 Å². The first-order valence-electron chi connectivity index (χ1n) is 7.43. The van der Waals surface area contributed by atoms with Crippen LogP contribution in [0, 0.1) is 0 Å². The Morgan fingerprint density at radius 2 is 1.81 bits per heavy atom. The molecule has 26 heavy (non-hydrogen) atoms. The molecule has 0 aromatic heterocycles. The lowest BCUT2D eigenvalue weighted by Gasteiger charge is -2.28. The second-order valence-corrected chi connectivity index (χ2v) is 7.45. The van der Waals surface area contributed by atoms with Crippen LogP contribution < -0.4 is 9.64 Å². The predicted molar refractivity (Wildman–Crippen MR) is 91.1 cm³/mol. The summed E-state index contributed by atoms with van der Waals surface area (Å²) in [6, 6.07) is 5.37.